The fourth-order valence-corrected chi connectivity index (χ4v) is 3.13. The molecule has 0 aromatic carbocycles. The molecule has 0 radical (unpaired) electrons. The van der Waals surface area contributed by atoms with Gasteiger partial charge in [-0.05, 0) is 19.8 Å². The number of unbranched alkanes of at least 4 members (excludes halogenated alkanes) is 13. The predicted molar refractivity (Wildman–Crippen MR) is 114 cm³/mol. The van der Waals surface area contributed by atoms with Gasteiger partial charge in [0.1, 0.15) is 6.04 Å². The maximum atomic E-state index is 11.8. The Labute approximate surface area is 168 Å². The van der Waals surface area contributed by atoms with E-state index in [1.165, 1.54) is 70.6 Å². The van der Waals surface area contributed by atoms with E-state index in [4.69, 9.17) is 4.74 Å². The van der Waals surface area contributed by atoms with Crippen LogP contribution in [0.1, 0.15) is 124 Å². The second kappa shape index (κ2) is 19.7. The van der Waals surface area contributed by atoms with Crippen LogP contribution in [0.2, 0.25) is 0 Å². The highest BCUT2D eigenvalue weighted by Gasteiger charge is 2.16. The number of carbonyl (C=O) groups excluding carboxylic acids is 2. The molecule has 0 bridgehead atoms. The van der Waals surface area contributed by atoms with Gasteiger partial charge in [0.2, 0.25) is 5.91 Å². The van der Waals surface area contributed by atoms with Gasteiger partial charge in [0.25, 0.3) is 0 Å². The Morgan fingerprint density at radius 3 is 1.63 bits per heavy atom. The number of esters is 1. The molecule has 0 spiro atoms. The number of hydrogen-bond acceptors (Lipinski definition) is 3. The van der Waals surface area contributed by atoms with E-state index in [2.05, 4.69) is 12.2 Å². The Kier molecular flexibility index (Phi) is 18.9. The summed E-state index contributed by atoms with van der Waals surface area (Å²) in [5.41, 5.74) is 0. The molecule has 0 rings (SSSR count). The molecule has 0 saturated heterocycles. The summed E-state index contributed by atoms with van der Waals surface area (Å²) in [6.07, 6.45) is 19.3. The lowest BCUT2D eigenvalue weighted by Crippen LogP contribution is -2.39. The van der Waals surface area contributed by atoms with Crippen LogP contribution in [0, 0.1) is 0 Å². The number of hydrogen-bond donors (Lipinski definition) is 1. The molecule has 0 unspecified atom stereocenters. The Morgan fingerprint density at radius 2 is 1.15 bits per heavy atom. The summed E-state index contributed by atoms with van der Waals surface area (Å²) in [6, 6.07) is -0.545. The van der Waals surface area contributed by atoms with Crippen LogP contribution in [0.5, 0.6) is 0 Å². The Bertz CT molecular complexity index is 358. The fourth-order valence-electron chi connectivity index (χ4n) is 3.13. The zero-order valence-corrected chi connectivity index (χ0v) is 18.3. The molecule has 0 aliphatic heterocycles. The second-order valence-corrected chi connectivity index (χ2v) is 7.80. The molecular formula is C23H45NO3. The van der Waals surface area contributed by atoms with Crippen molar-refractivity contribution in [2.24, 2.45) is 0 Å². The van der Waals surface area contributed by atoms with E-state index in [0.717, 1.165) is 25.7 Å². The molecule has 0 aliphatic rings. The topological polar surface area (TPSA) is 55.4 Å². The first-order valence-corrected chi connectivity index (χ1v) is 11.6. The van der Waals surface area contributed by atoms with Gasteiger partial charge in [0, 0.05) is 6.42 Å². The van der Waals surface area contributed by atoms with Crippen LogP contribution < -0.4 is 5.32 Å². The van der Waals surface area contributed by atoms with Gasteiger partial charge in [0.05, 0.1) is 6.61 Å². The summed E-state index contributed by atoms with van der Waals surface area (Å²) in [7, 11) is 0. The first-order valence-electron chi connectivity index (χ1n) is 11.6. The number of ether oxygens (including phenoxy) is 1. The van der Waals surface area contributed by atoms with Gasteiger partial charge in [-0.15, -0.1) is 0 Å². The van der Waals surface area contributed by atoms with Crippen molar-refractivity contribution in [2.45, 2.75) is 130 Å². The monoisotopic (exact) mass is 383 g/mol. The van der Waals surface area contributed by atoms with Crippen LogP contribution in [0.15, 0.2) is 0 Å². The summed E-state index contributed by atoms with van der Waals surface area (Å²) >= 11 is 0. The summed E-state index contributed by atoms with van der Waals surface area (Å²) in [5.74, 6) is -0.388. The normalized spacial score (nSPS) is 12.0. The van der Waals surface area contributed by atoms with E-state index in [1.54, 1.807) is 6.92 Å². The van der Waals surface area contributed by atoms with E-state index < -0.39 is 6.04 Å². The summed E-state index contributed by atoms with van der Waals surface area (Å²) < 4.78 is 5.26. The minimum atomic E-state index is -0.545. The van der Waals surface area contributed by atoms with E-state index in [1.807, 2.05) is 6.92 Å². The third kappa shape index (κ3) is 18.1. The number of amides is 1. The van der Waals surface area contributed by atoms with Gasteiger partial charge in [-0.2, -0.15) is 0 Å². The van der Waals surface area contributed by atoms with Gasteiger partial charge < -0.3 is 10.1 Å². The van der Waals surface area contributed by atoms with Gasteiger partial charge in [0.15, 0.2) is 0 Å². The third-order valence-corrected chi connectivity index (χ3v) is 4.98. The predicted octanol–water partition coefficient (Wildman–Crippen LogP) is 6.32. The first-order chi connectivity index (χ1) is 13.1. The van der Waals surface area contributed by atoms with Crippen molar-refractivity contribution in [2.75, 3.05) is 6.61 Å². The fraction of sp³-hybridized carbons (Fsp3) is 0.913. The smallest absolute Gasteiger partial charge is 0.328 e. The maximum absolute atomic E-state index is 11.8. The van der Waals surface area contributed by atoms with Crippen LogP contribution in [0.25, 0.3) is 0 Å². The SMILES string of the molecule is CCCCCCCCCCCCCCCOC(=O)[C@H](C)NC(=O)CCCC. The second-order valence-electron chi connectivity index (χ2n) is 7.80. The minimum Gasteiger partial charge on any atom is -0.464 e. The molecule has 0 aliphatic carbocycles. The van der Waals surface area contributed by atoms with Crippen LogP contribution in [-0.4, -0.2) is 24.5 Å². The van der Waals surface area contributed by atoms with Crippen LogP contribution in [0.3, 0.4) is 0 Å². The average Bonchev–Trinajstić information content (AvgIpc) is 2.66. The largest absolute Gasteiger partial charge is 0.464 e. The van der Waals surface area contributed by atoms with Crippen LogP contribution >= 0.6 is 0 Å². The first kappa shape index (κ1) is 25.9. The van der Waals surface area contributed by atoms with Crippen molar-refractivity contribution in [3.63, 3.8) is 0 Å². The molecule has 160 valence electrons. The minimum absolute atomic E-state index is 0.0674. The molecule has 1 atom stereocenters. The van der Waals surface area contributed by atoms with E-state index in [-0.39, 0.29) is 11.9 Å². The van der Waals surface area contributed by atoms with E-state index in [9.17, 15) is 9.59 Å². The van der Waals surface area contributed by atoms with E-state index >= 15 is 0 Å². The zero-order valence-electron chi connectivity index (χ0n) is 18.3. The maximum Gasteiger partial charge on any atom is 0.328 e. The summed E-state index contributed by atoms with van der Waals surface area (Å²) in [5, 5.41) is 2.70. The Balaban J connectivity index is 3.36. The lowest BCUT2D eigenvalue weighted by Gasteiger charge is -2.13. The number of nitrogens with one attached hydrogen (secondary N) is 1. The Hall–Kier alpha value is -1.06. The van der Waals surface area contributed by atoms with Gasteiger partial charge in [-0.3, -0.25) is 4.79 Å². The van der Waals surface area contributed by atoms with E-state index in [0.29, 0.717) is 13.0 Å². The summed E-state index contributed by atoms with van der Waals surface area (Å²) in [6.45, 7) is 6.46. The molecular weight excluding hydrogens is 338 g/mol. The molecule has 0 fully saturated rings. The van der Waals surface area contributed by atoms with Crippen LogP contribution in [-0.2, 0) is 14.3 Å². The summed E-state index contributed by atoms with van der Waals surface area (Å²) in [4.78, 5) is 23.4. The lowest BCUT2D eigenvalue weighted by molar-refractivity contribution is -0.147. The molecule has 0 heterocycles. The third-order valence-electron chi connectivity index (χ3n) is 4.98. The van der Waals surface area contributed by atoms with Crippen molar-refractivity contribution < 1.29 is 14.3 Å². The Morgan fingerprint density at radius 1 is 0.704 bits per heavy atom. The molecule has 27 heavy (non-hydrogen) atoms. The number of rotatable bonds is 19. The molecule has 0 aromatic heterocycles. The highest BCUT2D eigenvalue weighted by Crippen LogP contribution is 2.12. The molecule has 4 nitrogen and oxygen atoms in total. The molecule has 0 saturated carbocycles. The van der Waals surface area contributed by atoms with Crippen molar-refractivity contribution in [1.29, 1.82) is 0 Å². The van der Waals surface area contributed by atoms with Crippen molar-refractivity contribution in [3.05, 3.63) is 0 Å². The van der Waals surface area contributed by atoms with Crippen LogP contribution in [0.4, 0.5) is 0 Å². The lowest BCUT2D eigenvalue weighted by atomic mass is 10.0. The number of carbonyl (C=O) groups is 2. The quantitative estimate of drug-likeness (QED) is 0.210. The van der Waals surface area contributed by atoms with Crippen molar-refractivity contribution >= 4 is 11.9 Å². The molecule has 4 heteroatoms. The van der Waals surface area contributed by atoms with Crippen molar-refractivity contribution in [3.8, 4) is 0 Å². The van der Waals surface area contributed by atoms with Gasteiger partial charge in [-0.25, -0.2) is 4.79 Å². The van der Waals surface area contributed by atoms with Gasteiger partial charge >= 0.3 is 5.97 Å². The standard InChI is InChI=1S/C23H45NO3/c1-4-6-8-9-10-11-12-13-14-15-16-17-18-20-27-23(26)21(3)24-22(25)19-7-5-2/h21H,4-20H2,1-3H3,(H,24,25)/t21-/m0/s1. The molecule has 0 aromatic rings. The molecule has 1 N–H and O–H groups in total. The average molecular weight is 384 g/mol. The highest BCUT2D eigenvalue weighted by molar-refractivity contribution is 5.84. The zero-order chi connectivity index (χ0) is 20.2. The van der Waals surface area contributed by atoms with Crippen molar-refractivity contribution in [1.82, 2.24) is 5.32 Å². The molecule has 1 amide bonds. The van der Waals surface area contributed by atoms with Gasteiger partial charge in [-0.1, -0.05) is 97.3 Å². The highest BCUT2D eigenvalue weighted by atomic mass is 16.5.